The van der Waals surface area contributed by atoms with Gasteiger partial charge >= 0.3 is 5.69 Å². The number of nitrogens with one attached hydrogen (secondary N) is 1. The van der Waals surface area contributed by atoms with Crippen molar-refractivity contribution in [3.05, 3.63) is 38.4 Å². The van der Waals surface area contributed by atoms with Crippen LogP contribution in [0.3, 0.4) is 0 Å². The summed E-state index contributed by atoms with van der Waals surface area (Å²) in [5.74, 6) is -2.52. The predicted octanol–water partition coefficient (Wildman–Crippen LogP) is -0.482. The van der Waals surface area contributed by atoms with Gasteiger partial charge in [-0.25, -0.2) is 4.99 Å². The van der Waals surface area contributed by atoms with Gasteiger partial charge in [0.25, 0.3) is 17.5 Å². The van der Waals surface area contributed by atoms with E-state index in [2.05, 4.69) is 4.99 Å². The Balaban J connectivity index is 1.57. The molecule has 3 aliphatic rings. The van der Waals surface area contributed by atoms with Crippen molar-refractivity contribution in [1.82, 2.24) is 10.4 Å². The summed E-state index contributed by atoms with van der Waals surface area (Å²) in [6, 6.07) is 1.36. The van der Waals surface area contributed by atoms with E-state index in [9.17, 15) is 34.9 Å². The topological polar surface area (TPSA) is 180 Å². The molecule has 2 bridgehead atoms. The molecule has 4 rings (SSSR count). The van der Waals surface area contributed by atoms with Crippen LogP contribution >= 0.6 is 0 Å². The van der Waals surface area contributed by atoms with Gasteiger partial charge < -0.3 is 9.84 Å². The summed E-state index contributed by atoms with van der Waals surface area (Å²) in [5.41, 5.74) is 0.296. The third kappa shape index (κ3) is 2.63. The third-order valence-electron chi connectivity index (χ3n) is 5.08. The average molecular weight is 390 g/mol. The van der Waals surface area contributed by atoms with Gasteiger partial charge in [-0.15, -0.1) is 0 Å². The largest absolute Gasteiger partial charge is 0.845 e. The lowest BCUT2D eigenvalue weighted by Gasteiger charge is -2.22. The van der Waals surface area contributed by atoms with Crippen LogP contribution in [0.1, 0.15) is 12.8 Å². The highest BCUT2D eigenvalue weighted by Gasteiger charge is 2.62. The second kappa shape index (κ2) is 6.23. The van der Waals surface area contributed by atoms with Crippen LogP contribution in [0.5, 0.6) is 0 Å². The molecule has 1 aromatic carbocycles. The number of imide groups is 1. The van der Waals surface area contributed by atoms with Gasteiger partial charge in [-0.2, -0.15) is 5.01 Å². The molecule has 28 heavy (non-hydrogen) atoms. The fourth-order valence-corrected chi connectivity index (χ4v) is 3.92. The van der Waals surface area contributed by atoms with E-state index < -0.39 is 56.6 Å². The average Bonchev–Trinajstić information content (AvgIpc) is 3.31. The van der Waals surface area contributed by atoms with Gasteiger partial charge in [-0.1, -0.05) is 0 Å². The molecule has 146 valence electrons. The zero-order valence-corrected chi connectivity index (χ0v) is 14.0. The Morgan fingerprint density at radius 1 is 1.11 bits per heavy atom. The number of fused-ring (bicyclic) bond motifs is 5. The Morgan fingerprint density at radius 2 is 1.71 bits per heavy atom. The number of carbonyl (C=O) groups is 2. The van der Waals surface area contributed by atoms with Gasteiger partial charge in [0, 0.05) is 6.07 Å². The lowest BCUT2D eigenvalue weighted by molar-refractivity contribution is -0.393. The van der Waals surface area contributed by atoms with Gasteiger partial charge in [0.15, 0.2) is 0 Å². The van der Waals surface area contributed by atoms with E-state index in [0.717, 1.165) is 12.1 Å². The van der Waals surface area contributed by atoms with Crippen LogP contribution in [-0.4, -0.2) is 44.9 Å². The first-order valence-electron chi connectivity index (χ1n) is 8.26. The standard InChI is InChI=1S/C15H13N5O8/c21-13-11-9-3-4-10(28-9)12(11)14(22)18(13)17-15(23)16-7-2-1-6(19(24)25)5-8(7)20(26)27/h1-2,5,9-12H,3-4H2,(H2,16,17,23)/p-1. The van der Waals surface area contributed by atoms with Crippen molar-refractivity contribution in [1.29, 1.82) is 0 Å². The van der Waals surface area contributed by atoms with Crippen molar-refractivity contribution in [3.63, 3.8) is 0 Å². The summed E-state index contributed by atoms with van der Waals surface area (Å²) >= 11 is 0. The molecule has 4 unspecified atom stereocenters. The highest BCUT2D eigenvalue weighted by Crippen LogP contribution is 2.48. The van der Waals surface area contributed by atoms with Crippen molar-refractivity contribution >= 4 is 34.9 Å². The van der Waals surface area contributed by atoms with Crippen LogP contribution in [0.4, 0.5) is 17.1 Å². The molecule has 0 aliphatic carbocycles. The molecule has 13 nitrogen and oxygen atoms in total. The van der Waals surface area contributed by atoms with Crippen LogP contribution in [-0.2, 0) is 14.3 Å². The smallest absolute Gasteiger partial charge is 0.301 e. The number of hydrogen-bond acceptors (Lipinski definition) is 9. The maximum absolute atomic E-state index is 12.5. The number of nitro benzene ring substituents is 2. The van der Waals surface area contributed by atoms with Gasteiger partial charge in [-0.3, -0.25) is 35.2 Å². The van der Waals surface area contributed by atoms with E-state index in [-0.39, 0.29) is 12.2 Å². The molecule has 0 saturated carbocycles. The molecule has 0 radical (unpaired) electrons. The Hall–Kier alpha value is -3.61. The van der Waals surface area contributed by atoms with Crippen molar-refractivity contribution in [2.24, 2.45) is 16.8 Å². The summed E-state index contributed by atoms with van der Waals surface area (Å²) in [6.45, 7) is 0. The van der Waals surface area contributed by atoms with Crippen molar-refractivity contribution < 1.29 is 29.3 Å². The number of hydrogen-bond donors (Lipinski definition) is 1. The molecular formula is C15H12N5O8-. The van der Waals surface area contributed by atoms with E-state index in [0.29, 0.717) is 23.9 Å². The second-order valence-corrected chi connectivity index (χ2v) is 6.57. The van der Waals surface area contributed by atoms with Crippen molar-refractivity contribution in [3.8, 4) is 0 Å². The number of amides is 2. The minimum absolute atomic E-state index is 0.360. The Bertz CT molecular complexity index is 918. The van der Waals surface area contributed by atoms with E-state index in [1.807, 2.05) is 5.43 Å². The molecule has 3 heterocycles. The molecule has 3 aliphatic heterocycles. The van der Waals surface area contributed by atoms with Gasteiger partial charge in [0.05, 0.1) is 46.0 Å². The lowest BCUT2D eigenvalue weighted by Crippen LogP contribution is -2.51. The highest BCUT2D eigenvalue weighted by molar-refractivity contribution is 6.07. The normalized spacial score (nSPS) is 28.6. The minimum Gasteiger partial charge on any atom is -0.845 e. The summed E-state index contributed by atoms with van der Waals surface area (Å²) < 4.78 is 5.57. The SMILES string of the molecule is O=C1C2C3CCC(O3)C2C(=O)N1NC([O-])=Nc1ccc([N+](=O)[O-])cc1[N+](=O)[O-]. The monoisotopic (exact) mass is 390 g/mol. The molecular weight excluding hydrogens is 378 g/mol. The molecule has 4 atom stereocenters. The van der Waals surface area contributed by atoms with Crippen molar-refractivity contribution in [2.75, 3.05) is 0 Å². The summed E-state index contributed by atoms with van der Waals surface area (Å²) in [7, 11) is 0. The molecule has 0 spiro atoms. The summed E-state index contributed by atoms with van der Waals surface area (Å²) in [6.07, 6.45) is 0.597. The first kappa shape index (κ1) is 17.8. The molecule has 3 saturated heterocycles. The quantitative estimate of drug-likeness (QED) is 0.233. The highest BCUT2D eigenvalue weighted by atomic mass is 16.6. The first-order chi connectivity index (χ1) is 13.3. The van der Waals surface area contributed by atoms with Crippen LogP contribution in [0.25, 0.3) is 0 Å². The van der Waals surface area contributed by atoms with Crippen LogP contribution in [0, 0.1) is 32.1 Å². The van der Waals surface area contributed by atoms with Crippen LogP contribution in [0.15, 0.2) is 23.2 Å². The zero-order chi connectivity index (χ0) is 20.2. The molecule has 1 aromatic rings. The van der Waals surface area contributed by atoms with E-state index in [4.69, 9.17) is 4.74 Å². The molecule has 3 fully saturated rings. The fourth-order valence-electron chi connectivity index (χ4n) is 3.92. The number of nitrogens with zero attached hydrogens (tertiary/aromatic N) is 4. The van der Waals surface area contributed by atoms with Gasteiger partial charge in [0.2, 0.25) is 0 Å². The number of carbonyl (C=O) groups excluding carboxylic acids is 2. The maximum Gasteiger partial charge on any atom is 0.301 e. The number of rotatable bonds is 4. The lowest BCUT2D eigenvalue weighted by atomic mass is 9.81. The molecule has 1 N–H and O–H groups in total. The second-order valence-electron chi connectivity index (χ2n) is 6.57. The number of benzene rings is 1. The Morgan fingerprint density at radius 3 is 2.25 bits per heavy atom. The van der Waals surface area contributed by atoms with Crippen molar-refractivity contribution in [2.45, 2.75) is 25.0 Å². The minimum atomic E-state index is -1.19. The number of ether oxygens (including phenoxy) is 1. The van der Waals surface area contributed by atoms with Gasteiger partial charge in [-0.05, 0) is 18.9 Å². The van der Waals surface area contributed by atoms with E-state index in [1.54, 1.807) is 0 Å². The number of non-ortho nitro benzene ring substituents is 1. The Kier molecular flexibility index (Phi) is 3.96. The van der Waals surface area contributed by atoms with Crippen LogP contribution in [0.2, 0.25) is 0 Å². The Labute approximate surface area is 155 Å². The van der Waals surface area contributed by atoms with Crippen LogP contribution < -0.4 is 10.5 Å². The molecule has 2 amide bonds. The number of aliphatic imine (C=N–C) groups is 1. The number of hydrazine groups is 1. The van der Waals surface area contributed by atoms with Gasteiger partial charge in [0.1, 0.15) is 5.69 Å². The molecule has 13 heteroatoms. The third-order valence-corrected chi connectivity index (χ3v) is 5.08. The number of nitro groups is 2. The summed E-state index contributed by atoms with van der Waals surface area (Å²) in [5, 5.41) is 34.6. The van der Waals surface area contributed by atoms with E-state index in [1.165, 1.54) is 0 Å². The number of amidine groups is 1. The molecule has 0 aromatic heterocycles. The zero-order valence-electron chi connectivity index (χ0n) is 14.0. The summed E-state index contributed by atoms with van der Waals surface area (Å²) in [4.78, 5) is 48.5. The fraction of sp³-hybridized carbons (Fsp3) is 0.400. The van der Waals surface area contributed by atoms with E-state index >= 15 is 0 Å². The predicted molar refractivity (Wildman–Crippen MR) is 86.7 cm³/mol. The first-order valence-corrected chi connectivity index (χ1v) is 8.26. The maximum atomic E-state index is 12.5.